The number of benzene rings is 2. The Morgan fingerprint density at radius 1 is 1.00 bits per heavy atom. The van der Waals surface area contributed by atoms with Crippen molar-refractivity contribution in [3.63, 3.8) is 0 Å². The van der Waals surface area contributed by atoms with Crippen LogP contribution in [0.2, 0.25) is 0 Å². The van der Waals surface area contributed by atoms with Crippen molar-refractivity contribution in [2.24, 2.45) is 0 Å². The summed E-state index contributed by atoms with van der Waals surface area (Å²) in [6, 6.07) is 12.1. The zero-order chi connectivity index (χ0) is 25.1. The number of amides is 3. The van der Waals surface area contributed by atoms with E-state index < -0.39 is 0 Å². The van der Waals surface area contributed by atoms with Gasteiger partial charge in [0.1, 0.15) is 0 Å². The third-order valence-electron chi connectivity index (χ3n) is 7.81. The molecule has 2 unspecified atom stereocenters. The summed E-state index contributed by atoms with van der Waals surface area (Å²) in [6.45, 7) is 5.12. The lowest BCUT2D eigenvalue weighted by molar-refractivity contribution is -0.137. The molecule has 190 valence electrons. The molecular formula is C29H36N4O3. The van der Waals surface area contributed by atoms with Gasteiger partial charge in [-0.3, -0.25) is 24.6 Å². The van der Waals surface area contributed by atoms with Crippen molar-refractivity contribution in [3.8, 4) is 0 Å². The normalized spacial score (nSPS) is 20.1. The van der Waals surface area contributed by atoms with Gasteiger partial charge in [0.25, 0.3) is 0 Å². The number of hydrogen-bond acceptors (Lipinski definition) is 5. The number of nitrogens with zero attached hydrogens (tertiary/aromatic N) is 1. The molecule has 3 amide bonds. The van der Waals surface area contributed by atoms with Gasteiger partial charge in [-0.25, -0.2) is 0 Å². The zero-order valence-electron chi connectivity index (χ0n) is 21.1. The van der Waals surface area contributed by atoms with Crippen LogP contribution in [0.5, 0.6) is 0 Å². The summed E-state index contributed by atoms with van der Waals surface area (Å²) < 4.78 is 0. The zero-order valence-corrected chi connectivity index (χ0v) is 21.1. The maximum Gasteiger partial charge on any atom is 0.243 e. The first-order chi connectivity index (χ1) is 17.5. The Labute approximate surface area is 213 Å². The molecule has 0 radical (unpaired) electrons. The Balaban J connectivity index is 1.44. The van der Waals surface area contributed by atoms with Gasteiger partial charge in [0.15, 0.2) is 0 Å². The van der Waals surface area contributed by atoms with Gasteiger partial charge in [-0.2, -0.15) is 0 Å². The maximum absolute atomic E-state index is 13.1. The van der Waals surface area contributed by atoms with Crippen LogP contribution in [0.3, 0.4) is 0 Å². The smallest absolute Gasteiger partial charge is 0.243 e. The number of rotatable bonds is 9. The SMILES string of the molecule is CCCCCCC(=O)NC(c1cccc2c1CNC2)c1cccc2c1CN(C1CCC(=O)NC1=O)C2. The largest absolute Gasteiger partial charge is 0.345 e. The van der Waals surface area contributed by atoms with Gasteiger partial charge >= 0.3 is 0 Å². The van der Waals surface area contributed by atoms with Crippen molar-refractivity contribution in [1.29, 1.82) is 0 Å². The molecule has 1 saturated heterocycles. The minimum Gasteiger partial charge on any atom is -0.345 e. The number of piperidine rings is 1. The van der Waals surface area contributed by atoms with E-state index in [1.54, 1.807) is 0 Å². The van der Waals surface area contributed by atoms with Crippen LogP contribution in [0.1, 0.15) is 91.3 Å². The van der Waals surface area contributed by atoms with Crippen LogP contribution in [0.15, 0.2) is 36.4 Å². The predicted molar refractivity (Wildman–Crippen MR) is 138 cm³/mol. The van der Waals surface area contributed by atoms with E-state index in [0.29, 0.717) is 32.4 Å². The Bertz CT molecular complexity index is 1160. The highest BCUT2D eigenvalue weighted by Gasteiger charge is 2.36. The molecule has 3 N–H and O–H groups in total. The standard InChI is InChI=1S/C29H36N4O3/c1-2-3-4-5-12-26(34)31-28(21-10-6-8-19-15-30-16-23(19)21)22-11-7-9-20-17-33(18-24(20)22)25-13-14-27(35)32-29(25)36/h6-11,25,28,30H,2-5,12-18H2,1H3,(H,31,34)(H,32,35,36). The van der Waals surface area contributed by atoms with Gasteiger partial charge in [-0.05, 0) is 46.2 Å². The Morgan fingerprint density at radius 2 is 1.78 bits per heavy atom. The monoisotopic (exact) mass is 488 g/mol. The van der Waals surface area contributed by atoms with Crippen LogP contribution >= 0.6 is 0 Å². The molecule has 0 aromatic heterocycles. The summed E-state index contributed by atoms with van der Waals surface area (Å²) in [5.74, 6) is -0.316. The second kappa shape index (κ2) is 10.9. The van der Waals surface area contributed by atoms with E-state index in [9.17, 15) is 14.4 Å². The van der Waals surface area contributed by atoms with Crippen LogP contribution in [0, 0.1) is 0 Å². The third kappa shape index (κ3) is 5.08. The van der Waals surface area contributed by atoms with Crippen molar-refractivity contribution in [2.75, 3.05) is 0 Å². The summed E-state index contributed by atoms with van der Waals surface area (Å²) in [7, 11) is 0. The minimum atomic E-state index is -0.306. The molecule has 7 nitrogen and oxygen atoms in total. The van der Waals surface area contributed by atoms with Crippen molar-refractivity contribution >= 4 is 17.7 Å². The van der Waals surface area contributed by atoms with Crippen LogP contribution in [0.25, 0.3) is 0 Å². The molecule has 2 aromatic rings. The quantitative estimate of drug-likeness (QED) is 0.371. The maximum atomic E-state index is 13.1. The number of nitrogens with one attached hydrogen (secondary N) is 3. The number of carbonyl (C=O) groups is 3. The average molecular weight is 489 g/mol. The van der Waals surface area contributed by atoms with Crippen LogP contribution < -0.4 is 16.0 Å². The van der Waals surface area contributed by atoms with Crippen LogP contribution in [-0.2, 0) is 40.6 Å². The van der Waals surface area contributed by atoms with Crippen molar-refractivity contribution in [3.05, 3.63) is 69.8 Å². The number of imide groups is 1. The molecule has 1 fully saturated rings. The van der Waals surface area contributed by atoms with Crippen molar-refractivity contribution in [2.45, 2.75) is 90.1 Å². The summed E-state index contributed by atoms with van der Waals surface area (Å²) in [5, 5.41) is 9.34. The molecule has 0 aliphatic carbocycles. The van der Waals surface area contributed by atoms with Gasteiger partial charge in [-0.15, -0.1) is 0 Å². The van der Waals surface area contributed by atoms with Gasteiger partial charge in [0.05, 0.1) is 12.1 Å². The van der Waals surface area contributed by atoms with E-state index in [0.717, 1.165) is 49.9 Å². The fraction of sp³-hybridized carbons (Fsp3) is 0.483. The molecular weight excluding hydrogens is 452 g/mol. The Hall–Kier alpha value is -3.03. The molecule has 0 spiro atoms. The summed E-state index contributed by atoms with van der Waals surface area (Å²) in [5.41, 5.74) is 7.17. The highest BCUT2D eigenvalue weighted by atomic mass is 16.2. The fourth-order valence-corrected chi connectivity index (χ4v) is 5.89. The number of carbonyl (C=O) groups excluding carboxylic acids is 3. The first-order valence-corrected chi connectivity index (χ1v) is 13.3. The number of fused-ring (bicyclic) bond motifs is 2. The van der Waals surface area contributed by atoms with Gasteiger partial charge in [-0.1, -0.05) is 62.6 Å². The van der Waals surface area contributed by atoms with Crippen molar-refractivity contribution < 1.29 is 14.4 Å². The first-order valence-electron chi connectivity index (χ1n) is 13.3. The molecule has 3 heterocycles. The van der Waals surface area contributed by atoms with Gasteiger partial charge < -0.3 is 10.6 Å². The molecule has 2 aromatic carbocycles. The van der Waals surface area contributed by atoms with Crippen LogP contribution in [-0.4, -0.2) is 28.7 Å². The fourth-order valence-electron chi connectivity index (χ4n) is 5.89. The van der Waals surface area contributed by atoms with Gasteiger partial charge in [0, 0.05) is 39.0 Å². The second-order valence-corrected chi connectivity index (χ2v) is 10.3. The van der Waals surface area contributed by atoms with E-state index in [2.05, 4.69) is 64.2 Å². The van der Waals surface area contributed by atoms with Gasteiger partial charge in [0.2, 0.25) is 17.7 Å². The van der Waals surface area contributed by atoms with E-state index in [1.807, 2.05) is 0 Å². The highest BCUT2D eigenvalue weighted by Crippen LogP contribution is 2.37. The summed E-state index contributed by atoms with van der Waals surface area (Å²) in [6.07, 6.45) is 5.71. The lowest BCUT2D eigenvalue weighted by atomic mass is 9.88. The lowest BCUT2D eigenvalue weighted by Gasteiger charge is -2.29. The molecule has 7 heteroatoms. The topological polar surface area (TPSA) is 90.5 Å². The Morgan fingerprint density at radius 3 is 2.56 bits per heavy atom. The molecule has 0 bridgehead atoms. The molecule has 3 aliphatic rings. The summed E-state index contributed by atoms with van der Waals surface area (Å²) >= 11 is 0. The first kappa shape index (κ1) is 24.7. The molecule has 3 aliphatic heterocycles. The summed E-state index contributed by atoms with van der Waals surface area (Å²) in [4.78, 5) is 39.5. The molecule has 0 saturated carbocycles. The van der Waals surface area contributed by atoms with Crippen LogP contribution in [0.4, 0.5) is 0 Å². The lowest BCUT2D eigenvalue weighted by Crippen LogP contribution is -2.50. The second-order valence-electron chi connectivity index (χ2n) is 10.3. The number of hydrogen-bond donors (Lipinski definition) is 3. The van der Waals surface area contributed by atoms with E-state index in [4.69, 9.17) is 0 Å². The highest BCUT2D eigenvalue weighted by molar-refractivity contribution is 6.00. The van der Waals surface area contributed by atoms with E-state index in [1.165, 1.54) is 22.3 Å². The Kier molecular flexibility index (Phi) is 7.48. The minimum absolute atomic E-state index is 0.0808. The molecule has 36 heavy (non-hydrogen) atoms. The average Bonchev–Trinajstić information content (AvgIpc) is 3.52. The predicted octanol–water partition coefficient (Wildman–Crippen LogP) is 3.59. The van der Waals surface area contributed by atoms with E-state index >= 15 is 0 Å². The third-order valence-corrected chi connectivity index (χ3v) is 7.81. The van der Waals surface area contributed by atoms with Crippen molar-refractivity contribution in [1.82, 2.24) is 20.9 Å². The molecule has 5 rings (SSSR count). The van der Waals surface area contributed by atoms with E-state index in [-0.39, 0.29) is 29.8 Å². The number of unbranched alkanes of at least 4 members (excludes halogenated alkanes) is 3. The molecule has 2 atom stereocenters.